The van der Waals surface area contributed by atoms with Crippen molar-refractivity contribution in [3.05, 3.63) is 53.6 Å². The molecule has 5 rings (SSSR count). The van der Waals surface area contributed by atoms with E-state index in [1.54, 1.807) is 39.5 Å². The lowest BCUT2D eigenvalue weighted by molar-refractivity contribution is 0.0507. The highest BCUT2D eigenvalue weighted by molar-refractivity contribution is 5.95. The second-order valence-electron chi connectivity index (χ2n) is 9.61. The Labute approximate surface area is 218 Å². The normalized spacial score (nSPS) is 17.3. The summed E-state index contributed by atoms with van der Waals surface area (Å²) in [5.74, 6) is 2.78. The molecular weight excluding hydrogens is 470 g/mol. The Bertz CT molecular complexity index is 1250. The molecule has 3 aromatic rings. The SMILES string of the molecule is COc1ccc2cc(CN(CC3CCCO3)C(=O)c3ccc(OC)c(OC)c3)c(N3CCCC3)nc2c1. The average molecular weight is 506 g/mol. The number of nitrogens with zero attached hydrogens (tertiary/aromatic N) is 3. The minimum Gasteiger partial charge on any atom is -0.497 e. The third kappa shape index (κ3) is 5.44. The zero-order chi connectivity index (χ0) is 25.8. The molecule has 3 heterocycles. The van der Waals surface area contributed by atoms with E-state index in [-0.39, 0.29) is 12.0 Å². The van der Waals surface area contributed by atoms with Crippen LogP contribution in [0.5, 0.6) is 17.2 Å². The Hall–Kier alpha value is -3.52. The number of benzene rings is 2. The first kappa shape index (κ1) is 25.1. The van der Waals surface area contributed by atoms with Gasteiger partial charge >= 0.3 is 0 Å². The standard InChI is InChI=1S/C29H35N3O5/c1-34-23-10-8-20-15-22(28(30-25(20)17-23)31-12-4-5-13-31)18-32(19-24-7-6-14-37-24)29(33)21-9-11-26(35-2)27(16-21)36-3/h8-11,15-17,24H,4-7,12-14,18-19H2,1-3H3. The Kier molecular flexibility index (Phi) is 7.65. The number of hydrogen-bond donors (Lipinski definition) is 0. The van der Waals surface area contributed by atoms with E-state index < -0.39 is 0 Å². The van der Waals surface area contributed by atoms with Gasteiger partial charge in [0.1, 0.15) is 11.6 Å². The number of methoxy groups -OCH3 is 3. The van der Waals surface area contributed by atoms with Crippen LogP contribution < -0.4 is 19.1 Å². The minimum atomic E-state index is -0.0707. The monoisotopic (exact) mass is 505 g/mol. The van der Waals surface area contributed by atoms with Gasteiger partial charge in [-0.3, -0.25) is 4.79 Å². The molecule has 0 spiro atoms. The third-order valence-electron chi connectivity index (χ3n) is 7.21. The predicted octanol–water partition coefficient (Wildman–Crippen LogP) is 4.68. The van der Waals surface area contributed by atoms with E-state index in [0.717, 1.165) is 73.4 Å². The largest absolute Gasteiger partial charge is 0.497 e. The first-order chi connectivity index (χ1) is 18.1. The molecule has 1 amide bonds. The smallest absolute Gasteiger partial charge is 0.254 e. The van der Waals surface area contributed by atoms with Gasteiger partial charge in [-0.1, -0.05) is 0 Å². The second-order valence-corrected chi connectivity index (χ2v) is 9.61. The van der Waals surface area contributed by atoms with Crippen molar-refractivity contribution in [2.24, 2.45) is 0 Å². The number of amides is 1. The van der Waals surface area contributed by atoms with Crippen LogP contribution in [0, 0.1) is 0 Å². The molecule has 196 valence electrons. The minimum absolute atomic E-state index is 0.0250. The molecule has 37 heavy (non-hydrogen) atoms. The molecule has 8 heteroatoms. The van der Waals surface area contributed by atoms with Crippen LogP contribution >= 0.6 is 0 Å². The van der Waals surface area contributed by atoms with Gasteiger partial charge in [-0.15, -0.1) is 0 Å². The van der Waals surface area contributed by atoms with E-state index in [0.29, 0.717) is 30.2 Å². The van der Waals surface area contributed by atoms with E-state index >= 15 is 0 Å². The second kappa shape index (κ2) is 11.3. The molecule has 0 aliphatic carbocycles. The Morgan fingerprint density at radius 1 is 1.00 bits per heavy atom. The predicted molar refractivity (Wildman–Crippen MR) is 143 cm³/mol. The van der Waals surface area contributed by atoms with Crippen molar-refractivity contribution in [3.63, 3.8) is 0 Å². The fourth-order valence-corrected chi connectivity index (χ4v) is 5.24. The molecule has 2 aliphatic rings. The van der Waals surface area contributed by atoms with Crippen LogP contribution in [0.25, 0.3) is 10.9 Å². The van der Waals surface area contributed by atoms with E-state index in [9.17, 15) is 4.79 Å². The number of hydrogen-bond acceptors (Lipinski definition) is 7. The number of aromatic nitrogens is 1. The number of pyridine rings is 1. The first-order valence-corrected chi connectivity index (χ1v) is 12.9. The van der Waals surface area contributed by atoms with Gasteiger partial charge in [-0.25, -0.2) is 4.98 Å². The van der Waals surface area contributed by atoms with Crippen LogP contribution in [0.3, 0.4) is 0 Å². The first-order valence-electron chi connectivity index (χ1n) is 12.9. The number of carbonyl (C=O) groups excluding carboxylic acids is 1. The lowest BCUT2D eigenvalue weighted by atomic mass is 10.1. The summed E-state index contributed by atoms with van der Waals surface area (Å²) in [6.45, 7) is 3.62. The van der Waals surface area contributed by atoms with E-state index in [2.05, 4.69) is 11.0 Å². The van der Waals surface area contributed by atoms with Crippen molar-refractivity contribution in [3.8, 4) is 17.2 Å². The maximum Gasteiger partial charge on any atom is 0.254 e. The molecule has 0 radical (unpaired) electrons. The van der Waals surface area contributed by atoms with Gasteiger partial charge in [0.25, 0.3) is 5.91 Å². The summed E-state index contributed by atoms with van der Waals surface area (Å²) in [6.07, 6.45) is 4.27. The maximum absolute atomic E-state index is 13.9. The number of rotatable bonds is 9. The zero-order valence-corrected chi connectivity index (χ0v) is 21.9. The van der Waals surface area contributed by atoms with Gasteiger partial charge < -0.3 is 28.7 Å². The molecule has 2 aromatic carbocycles. The van der Waals surface area contributed by atoms with Crippen LogP contribution in [-0.2, 0) is 11.3 Å². The zero-order valence-electron chi connectivity index (χ0n) is 21.9. The molecule has 0 bridgehead atoms. The van der Waals surface area contributed by atoms with Crippen LogP contribution in [-0.4, -0.2) is 69.5 Å². The fraction of sp³-hybridized carbons (Fsp3) is 0.448. The number of fused-ring (bicyclic) bond motifs is 1. The highest BCUT2D eigenvalue weighted by Gasteiger charge is 2.27. The molecule has 2 fully saturated rings. The van der Waals surface area contributed by atoms with Crippen molar-refractivity contribution < 1.29 is 23.7 Å². The summed E-state index contributed by atoms with van der Waals surface area (Å²) in [5, 5.41) is 1.02. The van der Waals surface area contributed by atoms with Gasteiger partial charge in [-0.2, -0.15) is 0 Å². The number of carbonyl (C=O) groups is 1. The lowest BCUT2D eigenvalue weighted by Gasteiger charge is -2.28. The van der Waals surface area contributed by atoms with Crippen molar-refractivity contribution in [2.45, 2.75) is 38.3 Å². The summed E-state index contributed by atoms with van der Waals surface area (Å²) in [4.78, 5) is 23.2. The van der Waals surface area contributed by atoms with Crippen molar-refractivity contribution in [1.82, 2.24) is 9.88 Å². The number of anilines is 1. The molecule has 1 aromatic heterocycles. The quantitative estimate of drug-likeness (QED) is 0.418. The van der Waals surface area contributed by atoms with Gasteiger partial charge in [0, 0.05) is 55.4 Å². The van der Waals surface area contributed by atoms with Gasteiger partial charge in [-0.05, 0) is 62.1 Å². The maximum atomic E-state index is 13.9. The Balaban J connectivity index is 1.52. The summed E-state index contributed by atoms with van der Waals surface area (Å²) in [5.41, 5.74) is 2.48. The van der Waals surface area contributed by atoms with E-state index in [1.165, 1.54) is 0 Å². The van der Waals surface area contributed by atoms with Crippen molar-refractivity contribution in [1.29, 1.82) is 0 Å². The highest BCUT2D eigenvalue weighted by Crippen LogP contribution is 2.32. The van der Waals surface area contributed by atoms with Gasteiger partial charge in [0.15, 0.2) is 11.5 Å². The molecular formula is C29H35N3O5. The fourth-order valence-electron chi connectivity index (χ4n) is 5.24. The molecule has 0 N–H and O–H groups in total. The third-order valence-corrected chi connectivity index (χ3v) is 7.21. The lowest BCUT2D eigenvalue weighted by Crippen LogP contribution is -2.37. The molecule has 1 atom stereocenters. The van der Waals surface area contributed by atoms with Gasteiger partial charge in [0.2, 0.25) is 0 Å². The summed E-state index contributed by atoms with van der Waals surface area (Å²) in [7, 11) is 4.83. The van der Waals surface area contributed by atoms with Crippen molar-refractivity contribution >= 4 is 22.6 Å². The van der Waals surface area contributed by atoms with Crippen LogP contribution in [0.1, 0.15) is 41.6 Å². The van der Waals surface area contributed by atoms with Crippen molar-refractivity contribution in [2.75, 3.05) is 52.5 Å². The van der Waals surface area contributed by atoms with Gasteiger partial charge in [0.05, 0.1) is 33.0 Å². The van der Waals surface area contributed by atoms with E-state index in [4.69, 9.17) is 23.9 Å². The Morgan fingerprint density at radius 3 is 2.51 bits per heavy atom. The van der Waals surface area contributed by atoms with Crippen LogP contribution in [0.15, 0.2) is 42.5 Å². The molecule has 8 nitrogen and oxygen atoms in total. The Morgan fingerprint density at radius 2 is 1.81 bits per heavy atom. The average Bonchev–Trinajstić information content (AvgIpc) is 3.66. The topological polar surface area (TPSA) is 73.4 Å². The highest BCUT2D eigenvalue weighted by atomic mass is 16.5. The molecule has 0 saturated carbocycles. The molecule has 1 unspecified atom stereocenters. The summed E-state index contributed by atoms with van der Waals surface area (Å²) >= 11 is 0. The molecule has 2 aliphatic heterocycles. The number of ether oxygens (including phenoxy) is 4. The van der Waals surface area contributed by atoms with Crippen LogP contribution in [0.4, 0.5) is 5.82 Å². The van der Waals surface area contributed by atoms with Crippen LogP contribution in [0.2, 0.25) is 0 Å². The summed E-state index contributed by atoms with van der Waals surface area (Å²) in [6, 6.07) is 13.4. The molecule has 2 saturated heterocycles. The van der Waals surface area contributed by atoms with E-state index in [1.807, 2.05) is 23.1 Å². The summed E-state index contributed by atoms with van der Waals surface area (Å²) < 4.78 is 22.2.